The first-order valence-electron chi connectivity index (χ1n) is 34.0. The number of carbonyl (C=O) groups excluding carboxylic acids is 9. The third kappa shape index (κ3) is 25.0. The van der Waals surface area contributed by atoms with Crippen LogP contribution in [-0.4, -0.2) is 180 Å². The number of benzene rings is 4. The van der Waals surface area contributed by atoms with Crippen LogP contribution in [0.1, 0.15) is 213 Å². The van der Waals surface area contributed by atoms with E-state index in [-0.39, 0.29) is 100 Å². The van der Waals surface area contributed by atoms with Crippen molar-refractivity contribution in [2.75, 3.05) is 59.0 Å². The van der Waals surface area contributed by atoms with Crippen LogP contribution in [0.25, 0.3) is 0 Å². The van der Waals surface area contributed by atoms with Gasteiger partial charge in [0, 0.05) is 83.0 Å². The van der Waals surface area contributed by atoms with Gasteiger partial charge in [0.05, 0.1) is 0 Å². The zero-order valence-electron chi connectivity index (χ0n) is 57.2. The summed E-state index contributed by atoms with van der Waals surface area (Å²) in [6.45, 7) is 18.9. The monoisotopic (exact) mass is 1390 g/mol. The van der Waals surface area contributed by atoms with Gasteiger partial charge in [-0.25, -0.2) is 0 Å². The van der Waals surface area contributed by atoms with E-state index in [0.29, 0.717) is 81.9 Å². The number of imide groups is 2. The molecule has 25 heteroatoms. The number of aliphatic carboxylic acids is 1. The van der Waals surface area contributed by atoms with Crippen LogP contribution in [0.3, 0.4) is 0 Å². The number of hydrogen-bond donors (Lipinski definition) is 4. The molecule has 0 aliphatic carbocycles. The molecule has 4 N–H and O–H groups in total. The number of nitrogens with one attached hydrogen (secondary N) is 3. The summed E-state index contributed by atoms with van der Waals surface area (Å²) in [5.41, 5.74) is 8.62. The van der Waals surface area contributed by atoms with Gasteiger partial charge in [-0.05, 0) is 199 Å². The summed E-state index contributed by atoms with van der Waals surface area (Å²) in [6.07, 6.45) is 14.0. The largest absolute Gasteiger partial charge is 1.00 e. The minimum Gasteiger partial charge on any atom is -0.702 e. The van der Waals surface area contributed by atoms with E-state index in [1.807, 2.05) is 30.3 Å². The molecule has 100 heavy (non-hydrogen) atoms. The molecule has 8 heterocycles. The van der Waals surface area contributed by atoms with Gasteiger partial charge in [0.1, 0.15) is 50.8 Å². The Labute approximate surface area is 614 Å². The van der Waals surface area contributed by atoms with Gasteiger partial charge in [0.25, 0.3) is 29.7 Å². The summed E-state index contributed by atoms with van der Waals surface area (Å²) >= 11 is 0. The van der Waals surface area contributed by atoms with E-state index in [0.717, 1.165) is 94.5 Å². The van der Waals surface area contributed by atoms with Gasteiger partial charge in [0.2, 0.25) is 23.6 Å². The number of carbonyl (C=O) groups is 10. The van der Waals surface area contributed by atoms with Crippen molar-refractivity contribution in [2.45, 2.75) is 209 Å². The number of nitrogens with zero attached hydrogens (tertiary/aromatic N) is 5. The molecule has 0 saturated carbocycles. The minimum absolute atomic E-state index is 0. The van der Waals surface area contributed by atoms with Crippen molar-refractivity contribution < 1.29 is 101 Å². The third-order valence-corrected chi connectivity index (χ3v) is 18.8. The Hall–Kier alpha value is -7.32. The molecule has 0 spiro atoms. The molecule has 4 aromatic rings. The second-order valence-electron chi connectivity index (χ2n) is 25.6. The maximum absolute atomic E-state index is 13.0. The van der Waals surface area contributed by atoms with Gasteiger partial charge in [-0.1, -0.05) is 90.6 Å². The Morgan fingerprint density at radius 1 is 0.560 bits per heavy atom. The molecule has 6 amide bonds. The second kappa shape index (κ2) is 42.8. The van der Waals surface area contributed by atoms with Crippen LogP contribution in [0.15, 0.2) is 84.9 Å². The Kier molecular flexibility index (Phi) is 36.4. The maximum atomic E-state index is 13.0. The number of ether oxygens (including phenoxy) is 2. The average Bonchev–Trinajstić information content (AvgIpc) is 1.64. The quantitative estimate of drug-likeness (QED) is 0.0514. The Morgan fingerprint density at radius 3 is 1.32 bits per heavy atom. The van der Waals surface area contributed by atoms with Crippen molar-refractivity contribution in [1.82, 2.24) is 40.4 Å². The number of fused-ring (bicyclic) bond motifs is 2. The van der Waals surface area contributed by atoms with Gasteiger partial charge in [-0.2, -0.15) is 0 Å². The number of piperidine rings is 6. The summed E-state index contributed by atoms with van der Waals surface area (Å²) in [6, 6.07) is 29.3. The van der Waals surface area contributed by atoms with Crippen molar-refractivity contribution in [1.29, 1.82) is 0 Å². The van der Waals surface area contributed by atoms with Crippen LogP contribution in [0.4, 0.5) is 0 Å². The normalized spacial score (nSPS) is 20.7. The minimum atomic E-state index is -0.833. The smallest absolute Gasteiger partial charge is 0.702 e. The molecular formula is C75H106BN8NaO15. The van der Waals surface area contributed by atoms with Crippen LogP contribution in [0, 0.1) is 0 Å². The number of carboxylic acids is 1. The van der Waals surface area contributed by atoms with Crippen LogP contribution in [0.2, 0.25) is 0 Å². The van der Waals surface area contributed by atoms with Gasteiger partial charge < -0.3 is 48.7 Å². The molecule has 23 nitrogen and oxygen atoms in total. The Balaban J connectivity index is 0.000000338. The molecule has 12 rings (SSSR count). The van der Waals surface area contributed by atoms with E-state index < -0.39 is 30.0 Å². The molecule has 6 fully saturated rings. The number of amides is 6. The van der Waals surface area contributed by atoms with Crippen molar-refractivity contribution in [3.05, 3.63) is 129 Å². The molecule has 0 aromatic heterocycles. The molecule has 4 aromatic carbocycles. The SMILES string of the molecule is C.C.C.CC(=O)O.CC(=O)O[B-]OC(C)=O.CC=O.CCN1CCC(c2ccc(CN3CCCC[C@@H]3COc3ccc4c(c3)CN(C3CCC(=O)NC3=O)C4=O)cc2)CC1.O=C1CCC(N2Cc3cc(OC[C@H]4CCCCN4Cc4ccc(C5CCNCC5)cc4)ccc3C2=O)C(=O)N1.[Na+]. The first-order valence-corrected chi connectivity index (χ1v) is 34.0. The van der Waals surface area contributed by atoms with E-state index in [2.05, 4.69) is 95.4 Å². The van der Waals surface area contributed by atoms with Crippen molar-refractivity contribution in [3.63, 3.8) is 0 Å². The molecule has 2 unspecified atom stereocenters. The molecule has 8 aliphatic heterocycles. The van der Waals surface area contributed by atoms with Gasteiger partial charge in [-0.15, -0.1) is 0 Å². The summed E-state index contributed by atoms with van der Waals surface area (Å²) in [5.74, 6) is -0.637. The van der Waals surface area contributed by atoms with Crippen LogP contribution in [0.5, 0.6) is 11.5 Å². The van der Waals surface area contributed by atoms with Crippen molar-refractivity contribution >= 4 is 67.3 Å². The van der Waals surface area contributed by atoms with E-state index in [9.17, 15) is 38.4 Å². The van der Waals surface area contributed by atoms with Gasteiger partial charge in [0.15, 0.2) is 0 Å². The van der Waals surface area contributed by atoms with E-state index in [1.54, 1.807) is 15.9 Å². The number of hydrogen-bond acceptors (Lipinski definition) is 18. The molecule has 6 saturated heterocycles. The summed E-state index contributed by atoms with van der Waals surface area (Å²) < 4.78 is 20.9. The molecule has 4 atom stereocenters. The number of rotatable bonds is 17. The van der Waals surface area contributed by atoms with Crippen LogP contribution >= 0.6 is 0 Å². The summed E-state index contributed by atoms with van der Waals surface area (Å²) in [5, 5.41) is 15.6. The zero-order chi connectivity index (χ0) is 68.7. The van der Waals surface area contributed by atoms with Crippen molar-refractivity contribution in [3.8, 4) is 11.5 Å². The number of carboxylic acid groups (broad SMARTS) is 1. The maximum Gasteiger partial charge on any atom is 1.00 e. The number of likely N-dealkylation sites (tertiary alicyclic amines) is 3. The molecule has 540 valence electrons. The first kappa shape index (κ1) is 85.1. The molecular weight excluding hydrogens is 1290 g/mol. The standard InChI is InChI=1S/C33H42N4O4.C31H38N4O4.C4H6BO4.C2H4O2.C2H4O.3CH4.Na/c1-2-35-17-14-25(15-18-35)24-8-6-23(7-9-24)20-36-16-4-3-5-27(36)22-41-28-10-11-29-26(19-28)21-37(33(29)40)30-12-13-31(38)34-32(30)39;36-29-11-10-28(30(37)33-29)35-19-24-17-26(8-9-27(24)31(35)38)39-20-25-3-1-2-16-34(25)18-21-4-6-22(7-5-21)23-12-14-32-15-13-23;1-3(6)8-5-9-4(2)7;1-2(3)4;1-2-3;;;;/h6-11,19,25,27,30H,2-5,12-18,20-22H2,1H3,(H,34,38,39);4-9,17,23,25,28,32H,1-3,10-16,18-20H2,(H,33,36,37);1-2H3;1H3,(H,3,4);2H,1H3;3*1H4;/q;;-1;;;;;;+1/t27-,30?;25-,28?;;;;;;;/m11......./s1. The van der Waals surface area contributed by atoms with E-state index >= 15 is 0 Å². The predicted octanol–water partition coefficient (Wildman–Crippen LogP) is 6.28. The molecule has 0 bridgehead atoms. The zero-order valence-corrected chi connectivity index (χ0v) is 59.2. The summed E-state index contributed by atoms with van der Waals surface area (Å²) in [7, 11) is 0.699. The van der Waals surface area contributed by atoms with Crippen LogP contribution in [-0.2, 0) is 73.8 Å². The first-order chi connectivity index (χ1) is 46.3. The fourth-order valence-electron chi connectivity index (χ4n) is 13.7. The van der Waals surface area contributed by atoms with Crippen LogP contribution < -0.4 is 55.0 Å². The Morgan fingerprint density at radius 2 is 0.950 bits per heavy atom. The average molecular weight is 1390 g/mol. The Bertz CT molecular complexity index is 3330. The topological polar surface area (TPSA) is 280 Å². The van der Waals surface area contributed by atoms with Gasteiger partial charge >= 0.3 is 29.6 Å². The fraction of sp³-hybridized carbons (Fsp3) is 0.547. The number of aldehydes is 1. The molecule has 2 radical (unpaired) electrons. The van der Waals surface area contributed by atoms with E-state index in [4.69, 9.17) is 24.2 Å². The third-order valence-electron chi connectivity index (χ3n) is 18.8. The fourth-order valence-corrected chi connectivity index (χ4v) is 13.7. The second-order valence-corrected chi connectivity index (χ2v) is 25.6. The van der Waals surface area contributed by atoms with Gasteiger partial charge in [-0.3, -0.25) is 63.6 Å². The summed E-state index contributed by atoms with van der Waals surface area (Å²) in [4.78, 5) is 122. The predicted molar refractivity (Wildman–Crippen MR) is 378 cm³/mol. The van der Waals surface area contributed by atoms with E-state index in [1.165, 1.54) is 107 Å². The molecule has 8 aliphatic rings. The van der Waals surface area contributed by atoms with Crippen molar-refractivity contribution in [2.24, 2.45) is 0 Å².